The predicted octanol–water partition coefficient (Wildman–Crippen LogP) is 6.35. The number of nitrogens with one attached hydrogen (secondary N) is 1. The quantitative estimate of drug-likeness (QED) is 0.317. The third-order valence-electron chi connectivity index (χ3n) is 6.16. The van der Waals surface area contributed by atoms with Gasteiger partial charge in [0.05, 0.1) is 17.3 Å². The van der Waals surface area contributed by atoms with E-state index in [1.807, 2.05) is 55.1 Å². The Bertz CT molecular complexity index is 1360. The molecule has 5 rings (SSSR count). The fraction of sp³-hybridized carbons (Fsp3) is 0.259. The molecule has 0 unspecified atom stereocenters. The fourth-order valence-corrected chi connectivity index (χ4v) is 5.08. The molecule has 4 aromatic rings. The number of anilines is 2. The van der Waals surface area contributed by atoms with Crippen molar-refractivity contribution < 1.29 is 13.2 Å². The van der Waals surface area contributed by atoms with Gasteiger partial charge in [-0.3, -0.25) is 0 Å². The summed E-state index contributed by atoms with van der Waals surface area (Å²) in [7, 11) is 0. The van der Waals surface area contributed by atoms with Crippen molar-refractivity contribution in [2.45, 2.75) is 19.1 Å². The fourth-order valence-electron chi connectivity index (χ4n) is 4.18. The van der Waals surface area contributed by atoms with Crippen LogP contribution in [0.1, 0.15) is 24.1 Å². The van der Waals surface area contributed by atoms with Crippen LogP contribution in [0.5, 0.6) is 0 Å². The maximum absolute atomic E-state index is 13.5. The van der Waals surface area contributed by atoms with E-state index in [1.165, 1.54) is 6.07 Å². The van der Waals surface area contributed by atoms with Crippen molar-refractivity contribution in [2.75, 3.05) is 34.8 Å². The second-order valence-corrected chi connectivity index (χ2v) is 9.91. The van der Waals surface area contributed by atoms with Crippen molar-refractivity contribution in [2.24, 2.45) is 0 Å². The molecular formula is C27H25F3N6S. The summed E-state index contributed by atoms with van der Waals surface area (Å²) in [6.07, 6.45) is -2.83. The highest BCUT2D eigenvalue weighted by Gasteiger charge is 2.31. The highest BCUT2D eigenvalue weighted by molar-refractivity contribution is 7.99. The summed E-state index contributed by atoms with van der Waals surface area (Å²) in [6.45, 7) is 3.67. The molecule has 0 bridgehead atoms. The van der Waals surface area contributed by atoms with E-state index in [1.54, 1.807) is 18.3 Å². The number of benzene rings is 2. The van der Waals surface area contributed by atoms with Gasteiger partial charge in [-0.15, -0.1) is 10.2 Å². The summed E-state index contributed by atoms with van der Waals surface area (Å²) in [5, 5.41) is 12.1. The Hall–Kier alpha value is -3.66. The Morgan fingerprint density at radius 3 is 2.49 bits per heavy atom. The smallest absolute Gasteiger partial charge is 0.353 e. The highest BCUT2D eigenvalue weighted by atomic mass is 32.2. The van der Waals surface area contributed by atoms with E-state index in [4.69, 9.17) is 4.98 Å². The lowest BCUT2D eigenvalue weighted by Crippen LogP contribution is -2.33. The standard InChI is InChI=1S/C27H25F3N6S/c1-18(19-6-3-2-4-7-19)32-26-31-11-10-23(33-26)22-17-24(36-12-14-37-15-13-36)34-35-25(22)20-8-5-9-21(16-20)27(28,29)30/h2-11,16-18H,12-15H2,1H3,(H,31,32,33)/t18-/m0/s1. The predicted molar refractivity (Wildman–Crippen MR) is 142 cm³/mol. The number of rotatable bonds is 6. The van der Waals surface area contributed by atoms with Gasteiger partial charge in [0.25, 0.3) is 0 Å². The molecule has 2 aromatic heterocycles. The molecule has 1 atom stereocenters. The van der Waals surface area contributed by atoms with Gasteiger partial charge in [-0.2, -0.15) is 24.9 Å². The van der Waals surface area contributed by atoms with E-state index in [2.05, 4.69) is 25.4 Å². The average Bonchev–Trinajstić information content (AvgIpc) is 2.93. The molecule has 10 heteroatoms. The van der Waals surface area contributed by atoms with Crippen LogP contribution in [-0.4, -0.2) is 44.8 Å². The number of thioether (sulfide) groups is 1. The van der Waals surface area contributed by atoms with Gasteiger partial charge >= 0.3 is 6.18 Å². The van der Waals surface area contributed by atoms with Crippen LogP contribution < -0.4 is 10.2 Å². The lowest BCUT2D eigenvalue weighted by molar-refractivity contribution is -0.137. The van der Waals surface area contributed by atoms with Crippen molar-refractivity contribution in [3.63, 3.8) is 0 Å². The van der Waals surface area contributed by atoms with Crippen LogP contribution in [0.25, 0.3) is 22.5 Å². The van der Waals surface area contributed by atoms with Crippen molar-refractivity contribution in [3.8, 4) is 22.5 Å². The first-order valence-electron chi connectivity index (χ1n) is 11.9. The SMILES string of the molecule is C[C@H](Nc1nccc(-c2cc(N3CCSCC3)nnc2-c2cccc(C(F)(F)F)c2)n1)c1ccccc1. The molecule has 6 nitrogen and oxygen atoms in total. The molecule has 0 saturated carbocycles. The van der Waals surface area contributed by atoms with Crippen molar-refractivity contribution in [3.05, 3.63) is 84.1 Å². The molecule has 1 N–H and O–H groups in total. The van der Waals surface area contributed by atoms with E-state index in [0.29, 0.717) is 34.3 Å². The minimum absolute atomic E-state index is 0.0450. The molecule has 1 aliphatic heterocycles. The van der Waals surface area contributed by atoms with Crippen LogP contribution in [0.15, 0.2) is 72.9 Å². The van der Waals surface area contributed by atoms with Gasteiger partial charge in [-0.1, -0.05) is 42.5 Å². The van der Waals surface area contributed by atoms with Crippen LogP contribution in [0.4, 0.5) is 24.9 Å². The van der Waals surface area contributed by atoms with Crippen LogP contribution in [0.3, 0.4) is 0 Å². The maximum atomic E-state index is 13.5. The number of aromatic nitrogens is 4. The molecular weight excluding hydrogens is 497 g/mol. The summed E-state index contributed by atoms with van der Waals surface area (Å²) < 4.78 is 40.4. The topological polar surface area (TPSA) is 66.8 Å². The Morgan fingerprint density at radius 2 is 1.73 bits per heavy atom. The summed E-state index contributed by atoms with van der Waals surface area (Å²) in [6, 6.07) is 18.6. The lowest BCUT2D eigenvalue weighted by atomic mass is 10.0. The highest BCUT2D eigenvalue weighted by Crippen LogP contribution is 2.36. The van der Waals surface area contributed by atoms with E-state index in [9.17, 15) is 13.2 Å². The van der Waals surface area contributed by atoms with Gasteiger partial charge < -0.3 is 10.2 Å². The molecule has 3 heterocycles. The summed E-state index contributed by atoms with van der Waals surface area (Å²) in [5.41, 5.74) is 2.15. The summed E-state index contributed by atoms with van der Waals surface area (Å²) in [4.78, 5) is 11.2. The number of halogens is 3. The molecule has 0 aliphatic carbocycles. The first kappa shape index (κ1) is 25.0. The van der Waals surface area contributed by atoms with Crippen LogP contribution in [0.2, 0.25) is 0 Å². The zero-order valence-corrected chi connectivity index (χ0v) is 20.9. The van der Waals surface area contributed by atoms with Gasteiger partial charge in [-0.25, -0.2) is 9.97 Å². The Kier molecular flexibility index (Phi) is 7.27. The van der Waals surface area contributed by atoms with Crippen LogP contribution in [0, 0.1) is 0 Å². The van der Waals surface area contributed by atoms with Gasteiger partial charge in [0.1, 0.15) is 5.69 Å². The number of nitrogens with zero attached hydrogens (tertiary/aromatic N) is 5. The second kappa shape index (κ2) is 10.8. The van der Waals surface area contributed by atoms with E-state index < -0.39 is 11.7 Å². The molecule has 0 amide bonds. The molecule has 1 saturated heterocycles. The number of hydrogen-bond acceptors (Lipinski definition) is 7. The molecule has 37 heavy (non-hydrogen) atoms. The number of alkyl halides is 3. The van der Waals surface area contributed by atoms with Gasteiger partial charge in [0, 0.05) is 41.9 Å². The average molecular weight is 523 g/mol. The van der Waals surface area contributed by atoms with Crippen molar-refractivity contribution in [1.82, 2.24) is 20.2 Å². The summed E-state index contributed by atoms with van der Waals surface area (Å²) in [5.74, 6) is 3.05. The minimum atomic E-state index is -4.46. The third kappa shape index (κ3) is 5.85. The largest absolute Gasteiger partial charge is 0.416 e. The zero-order valence-electron chi connectivity index (χ0n) is 20.1. The molecule has 1 fully saturated rings. The normalized spacial score (nSPS) is 14.9. The Morgan fingerprint density at radius 1 is 0.946 bits per heavy atom. The second-order valence-electron chi connectivity index (χ2n) is 8.68. The monoisotopic (exact) mass is 522 g/mol. The molecule has 190 valence electrons. The van der Waals surface area contributed by atoms with E-state index in [0.717, 1.165) is 42.3 Å². The van der Waals surface area contributed by atoms with Crippen molar-refractivity contribution >= 4 is 23.5 Å². The zero-order chi connectivity index (χ0) is 25.8. The Labute approximate surface area is 217 Å². The number of hydrogen-bond donors (Lipinski definition) is 1. The van der Waals surface area contributed by atoms with E-state index in [-0.39, 0.29) is 6.04 Å². The molecule has 2 aromatic carbocycles. The third-order valence-corrected chi connectivity index (χ3v) is 7.10. The minimum Gasteiger partial charge on any atom is -0.353 e. The first-order valence-corrected chi connectivity index (χ1v) is 13.1. The van der Waals surface area contributed by atoms with Gasteiger partial charge in [0.2, 0.25) is 5.95 Å². The van der Waals surface area contributed by atoms with Gasteiger partial charge in [-0.05, 0) is 36.8 Å². The molecule has 1 aliphatic rings. The van der Waals surface area contributed by atoms with Crippen molar-refractivity contribution in [1.29, 1.82) is 0 Å². The van der Waals surface area contributed by atoms with Crippen LogP contribution >= 0.6 is 11.8 Å². The Balaban J connectivity index is 1.56. The lowest BCUT2D eigenvalue weighted by Gasteiger charge is -2.27. The summed E-state index contributed by atoms with van der Waals surface area (Å²) >= 11 is 1.88. The first-order chi connectivity index (χ1) is 17.9. The van der Waals surface area contributed by atoms with Gasteiger partial charge in [0.15, 0.2) is 5.82 Å². The molecule has 0 spiro atoms. The maximum Gasteiger partial charge on any atom is 0.416 e. The molecule has 0 radical (unpaired) electrons. The van der Waals surface area contributed by atoms with E-state index >= 15 is 0 Å². The van der Waals surface area contributed by atoms with Crippen LogP contribution in [-0.2, 0) is 6.18 Å².